The molecular weight excluding hydrogens is 308 g/mol. The van der Waals surface area contributed by atoms with Crippen LogP contribution < -0.4 is 0 Å². The van der Waals surface area contributed by atoms with Crippen LogP contribution in [0.4, 0.5) is 0 Å². The quantitative estimate of drug-likeness (QED) is 0.247. The van der Waals surface area contributed by atoms with Crippen LogP contribution in [0.2, 0.25) is 18.1 Å². The smallest absolute Gasteiger partial charge is 0.191 e. The van der Waals surface area contributed by atoms with Crippen molar-refractivity contribution in [2.24, 2.45) is 0 Å². The Kier molecular flexibility index (Phi) is 7.87. The molecule has 0 fully saturated rings. The summed E-state index contributed by atoms with van der Waals surface area (Å²) in [6.07, 6.45) is 4.42. The van der Waals surface area contributed by atoms with E-state index >= 15 is 0 Å². The maximum absolute atomic E-state index is 11.0. The van der Waals surface area contributed by atoms with E-state index in [1.165, 1.54) is 12.8 Å². The molecule has 22 heavy (non-hydrogen) atoms. The van der Waals surface area contributed by atoms with E-state index in [1.54, 1.807) is 11.8 Å². The van der Waals surface area contributed by atoms with Crippen LogP contribution in [0.15, 0.2) is 29.2 Å². The molecule has 0 bridgehead atoms. The molecule has 2 nitrogen and oxygen atoms in total. The van der Waals surface area contributed by atoms with Gasteiger partial charge in [-0.25, -0.2) is 0 Å². The number of rotatable bonds is 9. The minimum atomic E-state index is -1.58. The van der Waals surface area contributed by atoms with Crippen LogP contribution in [-0.4, -0.2) is 27.0 Å². The Hall–Kier alpha value is -0.583. The van der Waals surface area contributed by atoms with E-state index < -0.39 is 8.32 Å². The number of hydrogen-bond acceptors (Lipinski definition) is 3. The summed E-state index contributed by atoms with van der Waals surface area (Å²) in [5, 5.41) is 0.293. The fraction of sp³-hybridized carbons (Fsp3) is 0.611. The van der Waals surface area contributed by atoms with Crippen LogP contribution >= 0.6 is 11.8 Å². The number of unbranched alkanes of at least 4 members (excludes halogenated alkanes) is 2. The molecule has 0 N–H and O–H groups in total. The molecule has 0 amide bonds. The molecular formula is C18H30O2SSi. The molecule has 1 aromatic carbocycles. The topological polar surface area (TPSA) is 26.3 Å². The van der Waals surface area contributed by atoms with Gasteiger partial charge in [-0.05, 0) is 42.8 Å². The van der Waals surface area contributed by atoms with Gasteiger partial charge in [-0.15, -0.1) is 11.8 Å². The number of benzene rings is 1. The fourth-order valence-corrected chi connectivity index (χ4v) is 3.93. The van der Waals surface area contributed by atoms with Crippen molar-refractivity contribution in [1.29, 1.82) is 0 Å². The highest BCUT2D eigenvalue weighted by Gasteiger charge is 2.36. The number of thioether (sulfide) groups is 1. The first-order chi connectivity index (χ1) is 10.3. The van der Waals surface area contributed by atoms with Crippen LogP contribution in [0.5, 0.6) is 0 Å². The van der Waals surface area contributed by atoms with Gasteiger partial charge in [-0.2, -0.15) is 0 Å². The van der Waals surface area contributed by atoms with Crippen molar-refractivity contribution in [2.45, 2.75) is 63.1 Å². The lowest BCUT2D eigenvalue weighted by atomic mass is 10.2. The molecule has 0 aliphatic heterocycles. The van der Waals surface area contributed by atoms with Crippen molar-refractivity contribution in [1.82, 2.24) is 0 Å². The highest BCUT2D eigenvalue weighted by molar-refractivity contribution is 7.99. The molecule has 1 aromatic rings. The Morgan fingerprint density at radius 1 is 1.14 bits per heavy atom. The molecule has 0 aliphatic carbocycles. The first kappa shape index (κ1) is 19.5. The van der Waals surface area contributed by atoms with Crippen LogP contribution in [0.1, 0.15) is 50.4 Å². The largest absolute Gasteiger partial charge is 0.417 e. The van der Waals surface area contributed by atoms with Crippen LogP contribution in [0.25, 0.3) is 0 Å². The summed E-state index contributed by atoms with van der Waals surface area (Å²) >= 11 is 1.78. The minimum Gasteiger partial charge on any atom is -0.417 e. The third-order valence-corrected chi connectivity index (χ3v) is 10.1. The second-order valence-corrected chi connectivity index (χ2v) is 13.1. The Morgan fingerprint density at radius 3 is 2.45 bits per heavy atom. The van der Waals surface area contributed by atoms with E-state index in [9.17, 15) is 4.79 Å². The standard InChI is InChI=1S/C18H30O2SSi/c1-18(2,3)22(4,5)20-13-9-6-10-14-21-17-12-8-7-11-16(17)15-19/h7-8,11-12,15H,6,9-10,13-14H2,1-5H3. The highest BCUT2D eigenvalue weighted by Crippen LogP contribution is 2.36. The van der Waals surface area contributed by atoms with E-state index in [-0.39, 0.29) is 0 Å². The average Bonchev–Trinajstić information content (AvgIpc) is 2.45. The molecule has 0 saturated heterocycles. The molecule has 0 radical (unpaired) electrons. The SMILES string of the molecule is CC(C)(C)[Si](C)(C)OCCCCCSc1ccccc1C=O. The second kappa shape index (κ2) is 8.90. The summed E-state index contributed by atoms with van der Waals surface area (Å²) in [5.41, 5.74) is 0.800. The number of hydrogen-bond donors (Lipinski definition) is 0. The number of carbonyl (C=O) groups is 1. The van der Waals surface area contributed by atoms with E-state index in [2.05, 4.69) is 33.9 Å². The number of aldehydes is 1. The van der Waals surface area contributed by atoms with Crippen molar-refractivity contribution in [3.63, 3.8) is 0 Å². The van der Waals surface area contributed by atoms with E-state index in [0.717, 1.165) is 35.5 Å². The van der Waals surface area contributed by atoms with Crippen molar-refractivity contribution >= 4 is 26.4 Å². The monoisotopic (exact) mass is 338 g/mol. The zero-order chi connectivity index (χ0) is 16.6. The molecule has 0 aromatic heterocycles. The van der Waals surface area contributed by atoms with E-state index in [4.69, 9.17) is 4.43 Å². The number of carbonyl (C=O) groups excluding carboxylic acids is 1. The van der Waals surface area contributed by atoms with Gasteiger partial charge in [0.1, 0.15) is 0 Å². The van der Waals surface area contributed by atoms with Gasteiger partial charge in [0.05, 0.1) is 0 Å². The molecule has 4 heteroatoms. The summed E-state index contributed by atoms with van der Waals surface area (Å²) in [7, 11) is -1.58. The van der Waals surface area contributed by atoms with Gasteiger partial charge in [-0.1, -0.05) is 45.4 Å². The van der Waals surface area contributed by atoms with E-state index in [1.807, 2.05) is 24.3 Å². The minimum absolute atomic E-state index is 0.293. The van der Waals surface area contributed by atoms with Gasteiger partial charge >= 0.3 is 0 Å². The second-order valence-electron chi connectivity index (χ2n) is 7.17. The van der Waals surface area contributed by atoms with Gasteiger partial charge in [0.2, 0.25) is 0 Å². The van der Waals surface area contributed by atoms with Crippen molar-refractivity contribution in [3.8, 4) is 0 Å². The third kappa shape index (κ3) is 6.27. The maximum atomic E-state index is 11.0. The van der Waals surface area contributed by atoms with Gasteiger partial charge in [-0.3, -0.25) is 4.79 Å². The lowest BCUT2D eigenvalue weighted by molar-refractivity contribution is 0.112. The Morgan fingerprint density at radius 2 is 1.82 bits per heavy atom. The van der Waals surface area contributed by atoms with Crippen LogP contribution in [0, 0.1) is 0 Å². The lowest BCUT2D eigenvalue weighted by Gasteiger charge is -2.36. The third-order valence-electron chi connectivity index (χ3n) is 4.36. The maximum Gasteiger partial charge on any atom is 0.191 e. The predicted molar refractivity (Wildman–Crippen MR) is 99.6 cm³/mol. The Bertz CT molecular complexity index is 466. The summed E-state index contributed by atoms with van der Waals surface area (Å²) < 4.78 is 6.18. The molecule has 1 rings (SSSR count). The highest BCUT2D eigenvalue weighted by atomic mass is 32.2. The first-order valence-corrected chi connectivity index (χ1v) is 12.0. The molecule has 0 spiro atoms. The summed E-state index contributed by atoms with van der Waals surface area (Å²) in [4.78, 5) is 12.0. The Labute approximate surface area is 141 Å². The van der Waals surface area contributed by atoms with Crippen molar-refractivity contribution in [3.05, 3.63) is 29.8 Å². The molecule has 124 valence electrons. The first-order valence-electron chi connectivity index (χ1n) is 8.09. The molecule has 0 atom stereocenters. The lowest BCUT2D eigenvalue weighted by Crippen LogP contribution is -2.40. The fourth-order valence-electron chi connectivity index (χ4n) is 1.82. The molecule has 0 unspecified atom stereocenters. The zero-order valence-corrected chi connectivity index (χ0v) is 16.5. The molecule has 0 saturated carbocycles. The normalized spacial score (nSPS) is 12.4. The van der Waals surface area contributed by atoms with Gasteiger partial charge in [0.25, 0.3) is 0 Å². The van der Waals surface area contributed by atoms with Crippen LogP contribution in [0.3, 0.4) is 0 Å². The zero-order valence-electron chi connectivity index (χ0n) is 14.6. The summed E-state index contributed by atoms with van der Waals surface area (Å²) in [6.45, 7) is 12.3. The molecule has 0 heterocycles. The summed E-state index contributed by atoms with van der Waals surface area (Å²) in [5.74, 6) is 1.06. The summed E-state index contributed by atoms with van der Waals surface area (Å²) in [6, 6.07) is 7.80. The van der Waals surface area contributed by atoms with Crippen LogP contribution in [-0.2, 0) is 4.43 Å². The van der Waals surface area contributed by atoms with Gasteiger partial charge in [0, 0.05) is 17.1 Å². The van der Waals surface area contributed by atoms with Gasteiger partial charge < -0.3 is 4.43 Å². The average molecular weight is 339 g/mol. The van der Waals surface area contributed by atoms with Crippen molar-refractivity contribution in [2.75, 3.05) is 12.4 Å². The molecule has 0 aliphatic rings. The Balaban J connectivity index is 2.18. The van der Waals surface area contributed by atoms with E-state index in [0.29, 0.717) is 5.04 Å². The predicted octanol–water partition coefficient (Wildman–Crippen LogP) is 5.78. The van der Waals surface area contributed by atoms with Gasteiger partial charge in [0.15, 0.2) is 14.6 Å². The van der Waals surface area contributed by atoms with Crippen molar-refractivity contribution < 1.29 is 9.22 Å².